The molecule has 31 heavy (non-hydrogen) atoms. The minimum absolute atomic E-state index is 0.118. The molecule has 2 aliphatic rings. The van der Waals surface area contributed by atoms with E-state index in [0.29, 0.717) is 23.6 Å². The molecule has 1 aromatic rings. The number of ether oxygens (including phenoxy) is 1. The molecular weight excluding hydrogens is 420 g/mol. The third kappa shape index (κ3) is 5.49. The number of nitrogens with zero attached hydrogens (tertiary/aromatic N) is 2. The van der Waals surface area contributed by atoms with Gasteiger partial charge in [-0.05, 0) is 25.0 Å². The molecule has 0 bridgehead atoms. The van der Waals surface area contributed by atoms with Crippen molar-refractivity contribution >= 4 is 35.1 Å². The van der Waals surface area contributed by atoms with Gasteiger partial charge in [0.15, 0.2) is 0 Å². The van der Waals surface area contributed by atoms with Crippen LogP contribution in [0.1, 0.15) is 29.3 Å². The number of piperazine rings is 1. The zero-order valence-electron chi connectivity index (χ0n) is 17.6. The number of carbonyl (C=O) groups is 3. The number of amides is 2. The standard InChI is InChI=1S/C22H27ClN4O4/c1-3-16(13-19(29)31-4-2)25-18(28)14-27-10-7-15-5-6-17(21(23)20(15)22(27)30)26-11-8-24-9-12-26/h1,5-6,16,24H,4,7-14H2,2H3,(H,25,28)/t16-/m1/s1. The van der Waals surface area contributed by atoms with E-state index < -0.39 is 17.9 Å². The van der Waals surface area contributed by atoms with E-state index in [9.17, 15) is 14.4 Å². The van der Waals surface area contributed by atoms with Crippen LogP contribution in [-0.2, 0) is 20.7 Å². The average Bonchev–Trinajstić information content (AvgIpc) is 2.76. The van der Waals surface area contributed by atoms with Gasteiger partial charge in [-0.15, -0.1) is 6.42 Å². The number of halogens is 1. The molecule has 1 fully saturated rings. The van der Waals surface area contributed by atoms with Crippen molar-refractivity contribution in [2.45, 2.75) is 25.8 Å². The summed E-state index contributed by atoms with van der Waals surface area (Å²) in [6.07, 6.45) is 5.91. The Balaban J connectivity index is 1.68. The minimum atomic E-state index is -0.790. The Bertz CT molecular complexity index is 892. The van der Waals surface area contributed by atoms with Crippen molar-refractivity contribution in [2.24, 2.45) is 0 Å². The van der Waals surface area contributed by atoms with Gasteiger partial charge in [-0.25, -0.2) is 0 Å². The maximum atomic E-state index is 13.1. The lowest BCUT2D eigenvalue weighted by molar-refractivity contribution is -0.143. The third-order valence-electron chi connectivity index (χ3n) is 5.36. The van der Waals surface area contributed by atoms with Crippen molar-refractivity contribution in [3.63, 3.8) is 0 Å². The monoisotopic (exact) mass is 446 g/mol. The first-order valence-electron chi connectivity index (χ1n) is 10.4. The number of terminal acetylenes is 1. The Kier molecular flexibility index (Phi) is 7.77. The normalized spacial score (nSPS) is 16.9. The van der Waals surface area contributed by atoms with Crippen LogP contribution >= 0.6 is 11.6 Å². The van der Waals surface area contributed by atoms with Gasteiger partial charge in [0.05, 0.1) is 35.8 Å². The molecule has 2 N–H and O–H groups in total. The second kappa shape index (κ2) is 10.5. The summed E-state index contributed by atoms with van der Waals surface area (Å²) in [5.41, 5.74) is 2.18. The predicted molar refractivity (Wildman–Crippen MR) is 118 cm³/mol. The van der Waals surface area contributed by atoms with Gasteiger partial charge in [0.25, 0.3) is 5.91 Å². The quantitative estimate of drug-likeness (QED) is 0.476. The Morgan fingerprint density at radius 1 is 1.32 bits per heavy atom. The number of hydrogen-bond acceptors (Lipinski definition) is 6. The summed E-state index contributed by atoms with van der Waals surface area (Å²) < 4.78 is 4.86. The molecule has 0 unspecified atom stereocenters. The second-order valence-electron chi connectivity index (χ2n) is 7.44. The van der Waals surface area contributed by atoms with Gasteiger partial charge in [-0.3, -0.25) is 14.4 Å². The van der Waals surface area contributed by atoms with Crippen molar-refractivity contribution in [1.82, 2.24) is 15.5 Å². The van der Waals surface area contributed by atoms with Crippen molar-refractivity contribution in [3.05, 3.63) is 28.3 Å². The van der Waals surface area contributed by atoms with E-state index in [0.717, 1.165) is 37.4 Å². The molecule has 0 radical (unpaired) electrons. The van der Waals surface area contributed by atoms with Crippen LogP contribution in [0.3, 0.4) is 0 Å². The molecular formula is C22H27ClN4O4. The summed E-state index contributed by atoms with van der Waals surface area (Å²) in [7, 11) is 0. The first-order chi connectivity index (χ1) is 14.9. The summed E-state index contributed by atoms with van der Waals surface area (Å²) in [5, 5.41) is 6.33. The lowest BCUT2D eigenvalue weighted by atomic mass is 9.97. The number of hydrogen-bond donors (Lipinski definition) is 2. The summed E-state index contributed by atoms with van der Waals surface area (Å²) in [4.78, 5) is 40.9. The smallest absolute Gasteiger partial charge is 0.308 e. The fourth-order valence-electron chi connectivity index (χ4n) is 3.81. The van der Waals surface area contributed by atoms with Crippen molar-refractivity contribution in [2.75, 3.05) is 50.8 Å². The van der Waals surface area contributed by atoms with E-state index in [4.69, 9.17) is 22.8 Å². The molecule has 3 rings (SSSR count). The number of esters is 1. The number of carbonyl (C=O) groups excluding carboxylic acids is 3. The van der Waals surface area contributed by atoms with E-state index in [1.165, 1.54) is 4.90 Å². The topological polar surface area (TPSA) is 91.0 Å². The highest BCUT2D eigenvalue weighted by molar-refractivity contribution is 6.36. The Morgan fingerprint density at radius 3 is 2.74 bits per heavy atom. The number of fused-ring (bicyclic) bond motifs is 1. The van der Waals surface area contributed by atoms with Gasteiger partial charge in [0.2, 0.25) is 5.91 Å². The van der Waals surface area contributed by atoms with Crippen molar-refractivity contribution in [1.29, 1.82) is 0 Å². The number of benzene rings is 1. The lowest BCUT2D eigenvalue weighted by Gasteiger charge is -2.33. The van der Waals surface area contributed by atoms with Crippen LogP contribution in [-0.4, -0.2) is 74.6 Å². The molecule has 2 amide bonds. The van der Waals surface area contributed by atoms with Gasteiger partial charge in [-0.1, -0.05) is 23.6 Å². The van der Waals surface area contributed by atoms with E-state index in [1.807, 2.05) is 12.1 Å². The maximum Gasteiger partial charge on any atom is 0.308 e. The SMILES string of the molecule is C#C[C@H](CC(=O)OCC)NC(=O)CN1CCc2ccc(N3CCNCC3)c(Cl)c2C1=O. The van der Waals surface area contributed by atoms with Gasteiger partial charge in [-0.2, -0.15) is 0 Å². The molecule has 1 aromatic carbocycles. The molecule has 1 atom stereocenters. The first kappa shape index (κ1) is 22.9. The van der Waals surface area contributed by atoms with E-state index >= 15 is 0 Å². The van der Waals surface area contributed by atoms with Gasteiger partial charge in [0, 0.05) is 32.7 Å². The molecule has 0 aliphatic carbocycles. The van der Waals surface area contributed by atoms with Crippen LogP contribution < -0.4 is 15.5 Å². The molecule has 0 saturated carbocycles. The highest BCUT2D eigenvalue weighted by Gasteiger charge is 2.30. The largest absolute Gasteiger partial charge is 0.466 e. The Hall–Kier alpha value is -2.76. The fourth-order valence-corrected chi connectivity index (χ4v) is 4.20. The van der Waals surface area contributed by atoms with Crippen LogP contribution in [0.5, 0.6) is 0 Å². The molecule has 9 heteroatoms. The van der Waals surface area contributed by atoms with E-state index in [-0.39, 0.29) is 25.5 Å². The first-order valence-corrected chi connectivity index (χ1v) is 10.8. The molecule has 2 heterocycles. The molecule has 1 saturated heterocycles. The number of nitrogens with one attached hydrogen (secondary N) is 2. The zero-order valence-corrected chi connectivity index (χ0v) is 18.3. The minimum Gasteiger partial charge on any atom is -0.466 e. The third-order valence-corrected chi connectivity index (χ3v) is 5.75. The Labute approximate surface area is 187 Å². The zero-order chi connectivity index (χ0) is 22.4. The van der Waals surface area contributed by atoms with Gasteiger partial charge < -0.3 is 25.2 Å². The molecule has 0 spiro atoms. The summed E-state index contributed by atoms with van der Waals surface area (Å²) in [6, 6.07) is 3.12. The lowest BCUT2D eigenvalue weighted by Crippen LogP contribution is -2.47. The van der Waals surface area contributed by atoms with E-state index in [2.05, 4.69) is 21.5 Å². The maximum absolute atomic E-state index is 13.1. The average molecular weight is 447 g/mol. The van der Waals surface area contributed by atoms with E-state index in [1.54, 1.807) is 6.92 Å². The Morgan fingerprint density at radius 2 is 2.06 bits per heavy atom. The number of rotatable bonds is 7. The van der Waals surface area contributed by atoms with Crippen LogP contribution in [0, 0.1) is 12.3 Å². The van der Waals surface area contributed by atoms with Gasteiger partial charge >= 0.3 is 5.97 Å². The molecule has 0 aromatic heterocycles. The van der Waals surface area contributed by atoms with Crippen LogP contribution in [0.25, 0.3) is 0 Å². The fraction of sp³-hybridized carbons (Fsp3) is 0.500. The second-order valence-corrected chi connectivity index (χ2v) is 7.82. The molecule has 2 aliphatic heterocycles. The highest BCUT2D eigenvalue weighted by atomic mass is 35.5. The summed E-state index contributed by atoms with van der Waals surface area (Å²) in [5.74, 6) is 1.18. The molecule has 166 valence electrons. The van der Waals surface area contributed by atoms with Crippen LogP contribution in [0.4, 0.5) is 5.69 Å². The van der Waals surface area contributed by atoms with Crippen molar-refractivity contribution < 1.29 is 19.1 Å². The molecule has 8 nitrogen and oxygen atoms in total. The summed E-state index contributed by atoms with van der Waals surface area (Å²) in [6.45, 7) is 5.52. The van der Waals surface area contributed by atoms with Crippen molar-refractivity contribution in [3.8, 4) is 12.3 Å². The number of anilines is 1. The van der Waals surface area contributed by atoms with Crippen LogP contribution in [0.15, 0.2) is 12.1 Å². The van der Waals surface area contributed by atoms with Gasteiger partial charge in [0.1, 0.15) is 6.04 Å². The predicted octanol–water partition coefficient (Wildman–Crippen LogP) is 0.819. The summed E-state index contributed by atoms with van der Waals surface area (Å²) >= 11 is 6.66. The van der Waals surface area contributed by atoms with Crippen LogP contribution in [0.2, 0.25) is 5.02 Å². The highest BCUT2D eigenvalue weighted by Crippen LogP contribution is 2.35.